The fraction of sp³-hybridized carbons (Fsp3) is 0.100. The van der Waals surface area contributed by atoms with Crippen LogP contribution < -0.4 is 10.7 Å². The molecule has 0 radical (unpaired) electrons. The third kappa shape index (κ3) is 3.76. The highest BCUT2D eigenvalue weighted by molar-refractivity contribution is 7.14. The smallest absolute Gasteiger partial charge is 0.281 e. The SMILES string of the molecule is CCn1nc(C(=O)Nc2nc(-c3ccc(Cl)cc3)cs2)c(=O)c2cc(F)ccc21. The lowest BCUT2D eigenvalue weighted by Crippen LogP contribution is -2.27. The lowest BCUT2D eigenvalue weighted by Gasteiger charge is -2.09. The van der Waals surface area contributed by atoms with Gasteiger partial charge in [-0.3, -0.25) is 19.6 Å². The van der Waals surface area contributed by atoms with E-state index in [0.29, 0.717) is 27.9 Å². The Bertz CT molecular complexity index is 1280. The first-order chi connectivity index (χ1) is 14.0. The number of carbonyl (C=O) groups excluding carboxylic acids is 1. The van der Waals surface area contributed by atoms with Gasteiger partial charge in [0.05, 0.1) is 16.6 Å². The molecule has 2 aromatic heterocycles. The summed E-state index contributed by atoms with van der Waals surface area (Å²) in [7, 11) is 0. The van der Waals surface area contributed by atoms with Crippen LogP contribution in [0.1, 0.15) is 17.4 Å². The van der Waals surface area contributed by atoms with E-state index in [-0.39, 0.29) is 11.1 Å². The number of amides is 1. The second kappa shape index (κ2) is 7.73. The number of hydrogen-bond donors (Lipinski definition) is 1. The van der Waals surface area contributed by atoms with Gasteiger partial charge in [0, 0.05) is 22.5 Å². The minimum Gasteiger partial charge on any atom is -0.296 e. The van der Waals surface area contributed by atoms with E-state index in [0.717, 1.165) is 11.6 Å². The molecule has 0 aliphatic heterocycles. The number of aromatic nitrogens is 3. The molecule has 9 heteroatoms. The van der Waals surface area contributed by atoms with Crippen LogP contribution in [0.25, 0.3) is 22.2 Å². The number of anilines is 1. The van der Waals surface area contributed by atoms with E-state index >= 15 is 0 Å². The Morgan fingerprint density at radius 1 is 1.24 bits per heavy atom. The van der Waals surface area contributed by atoms with Crippen LogP contribution in [-0.2, 0) is 6.54 Å². The standard InChI is InChI=1S/C20H14ClFN4O2S/c1-2-26-16-8-7-13(22)9-14(16)18(27)17(25-26)19(28)24-20-23-15(10-29-20)11-3-5-12(21)6-4-11/h3-10H,2H2,1H3,(H,23,24,28). The number of aryl methyl sites for hydroxylation is 1. The number of fused-ring (bicyclic) bond motifs is 1. The summed E-state index contributed by atoms with van der Waals surface area (Å²) >= 11 is 7.12. The number of nitrogens with one attached hydrogen (secondary N) is 1. The third-order valence-corrected chi connectivity index (χ3v) is 5.31. The predicted molar refractivity (Wildman–Crippen MR) is 112 cm³/mol. The maximum Gasteiger partial charge on any atom is 0.281 e. The average Bonchev–Trinajstić information content (AvgIpc) is 3.17. The van der Waals surface area contributed by atoms with Gasteiger partial charge in [0.1, 0.15) is 5.82 Å². The molecule has 29 heavy (non-hydrogen) atoms. The van der Waals surface area contributed by atoms with Crippen LogP contribution in [0.4, 0.5) is 9.52 Å². The van der Waals surface area contributed by atoms with Gasteiger partial charge in [-0.15, -0.1) is 11.3 Å². The van der Waals surface area contributed by atoms with Crippen molar-refractivity contribution in [1.29, 1.82) is 0 Å². The number of halogens is 2. The summed E-state index contributed by atoms with van der Waals surface area (Å²) in [5, 5.41) is 9.58. The van der Waals surface area contributed by atoms with Gasteiger partial charge >= 0.3 is 0 Å². The van der Waals surface area contributed by atoms with Crippen molar-refractivity contribution < 1.29 is 9.18 Å². The predicted octanol–water partition coefficient (Wildman–Crippen LogP) is 4.58. The molecule has 2 aromatic carbocycles. The van der Waals surface area contributed by atoms with Crippen molar-refractivity contribution in [3.8, 4) is 11.3 Å². The van der Waals surface area contributed by atoms with E-state index in [9.17, 15) is 14.0 Å². The normalized spacial score (nSPS) is 11.0. The van der Waals surface area contributed by atoms with Crippen LogP contribution in [0.2, 0.25) is 5.02 Å². The molecule has 0 saturated heterocycles. The molecule has 1 N–H and O–H groups in total. The zero-order valence-corrected chi connectivity index (χ0v) is 16.7. The summed E-state index contributed by atoms with van der Waals surface area (Å²) in [6.07, 6.45) is 0. The van der Waals surface area contributed by atoms with Crippen molar-refractivity contribution in [2.45, 2.75) is 13.5 Å². The first-order valence-corrected chi connectivity index (χ1v) is 9.95. The van der Waals surface area contributed by atoms with Crippen molar-refractivity contribution in [2.75, 3.05) is 5.32 Å². The molecule has 146 valence electrons. The molecule has 0 aliphatic carbocycles. The zero-order valence-electron chi connectivity index (χ0n) is 15.1. The number of carbonyl (C=O) groups is 1. The monoisotopic (exact) mass is 428 g/mol. The molecule has 6 nitrogen and oxygen atoms in total. The topological polar surface area (TPSA) is 76.9 Å². The van der Waals surface area contributed by atoms with E-state index in [2.05, 4.69) is 15.4 Å². The fourth-order valence-corrected chi connectivity index (χ4v) is 3.73. The molecule has 4 aromatic rings. The third-order valence-electron chi connectivity index (χ3n) is 4.30. The van der Waals surface area contributed by atoms with Crippen molar-refractivity contribution in [3.05, 3.63) is 74.6 Å². The number of thiazole rings is 1. The average molecular weight is 429 g/mol. The Labute approximate surface area is 173 Å². The second-order valence-electron chi connectivity index (χ2n) is 6.15. The molecule has 0 fully saturated rings. The quantitative estimate of drug-likeness (QED) is 0.516. The van der Waals surface area contributed by atoms with Crippen molar-refractivity contribution in [2.24, 2.45) is 0 Å². The summed E-state index contributed by atoms with van der Waals surface area (Å²) < 4.78 is 15.1. The summed E-state index contributed by atoms with van der Waals surface area (Å²) in [5.41, 5.74) is 1.04. The Kier molecular flexibility index (Phi) is 5.12. The van der Waals surface area contributed by atoms with Crippen LogP contribution in [0.3, 0.4) is 0 Å². The van der Waals surface area contributed by atoms with Gasteiger partial charge in [-0.1, -0.05) is 23.7 Å². The molecular formula is C20H14ClFN4O2S. The maximum atomic E-state index is 13.6. The molecule has 0 spiro atoms. The van der Waals surface area contributed by atoms with Gasteiger partial charge in [-0.05, 0) is 37.3 Å². The van der Waals surface area contributed by atoms with Crippen LogP contribution in [-0.4, -0.2) is 20.7 Å². The van der Waals surface area contributed by atoms with Gasteiger partial charge in [-0.2, -0.15) is 5.10 Å². The van der Waals surface area contributed by atoms with E-state index < -0.39 is 17.2 Å². The highest BCUT2D eigenvalue weighted by Gasteiger charge is 2.19. The fourth-order valence-electron chi connectivity index (χ4n) is 2.89. The maximum absolute atomic E-state index is 13.6. The Balaban J connectivity index is 1.67. The lowest BCUT2D eigenvalue weighted by atomic mass is 10.2. The number of hydrogen-bond acceptors (Lipinski definition) is 5. The van der Waals surface area contributed by atoms with Gasteiger partial charge in [-0.25, -0.2) is 9.37 Å². The van der Waals surface area contributed by atoms with Gasteiger partial charge in [0.15, 0.2) is 10.8 Å². The highest BCUT2D eigenvalue weighted by Crippen LogP contribution is 2.26. The second-order valence-corrected chi connectivity index (χ2v) is 7.45. The first-order valence-electron chi connectivity index (χ1n) is 8.69. The number of nitrogens with zero attached hydrogens (tertiary/aromatic N) is 3. The number of rotatable bonds is 4. The van der Waals surface area contributed by atoms with Crippen molar-refractivity contribution in [3.63, 3.8) is 0 Å². The molecule has 4 rings (SSSR count). The van der Waals surface area contributed by atoms with Gasteiger partial charge in [0.2, 0.25) is 5.43 Å². The van der Waals surface area contributed by atoms with Crippen LogP contribution in [0, 0.1) is 5.82 Å². The van der Waals surface area contributed by atoms with E-state index in [4.69, 9.17) is 11.6 Å². The van der Waals surface area contributed by atoms with E-state index in [1.165, 1.54) is 28.2 Å². The van der Waals surface area contributed by atoms with Gasteiger partial charge < -0.3 is 0 Å². The zero-order chi connectivity index (χ0) is 20.5. The van der Waals surface area contributed by atoms with Crippen LogP contribution >= 0.6 is 22.9 Å². The largest absolute Gasteiger partial charge is 0.296 e. The molecule has 0 bridgehead atoms. The molecule has 0 aliphatic rings. The molecule has 1 amide bonds. The Morgan fingerprint density at radius 3 is 2.72 bits per heavy atom. The summed E-state index contributed by atoms with van der Waals surface area (Å²) in [6, 6.07) is 11.0. The summed E-state index contributed by atoms with van der Waals surface area (Å²) in [4.78, 5) is 29.8. The Hall–Kier alpha value is -3.10. The van der Waals surface area contributed by atoms with Crippen molar-refractivity contribution in [1.82, 2.24) is 14.8 Å². The number of benzene rings is 2. The van der Waals surface area contributed by atoms with E-state index in [1.54, 1.807) is 17.5 Å². The van der Waals surface area contributed by atoms with Crippen LogP contribution in [0.5, 0.6) is 0 Å². The lowest BCUT2D eigenvalue weighted by molar-refractivity contribution is 0.101. The van der Waals surface area contributed by atoms with Crippen LogP contribution in [0.15, 0.2) is 52.6 Å². The Morgan fingerprint density at radius 2 is 2.00 bits per heavy atom. The summed E-state index contributed by atoms with van der Waals surface area (Å²) in [5.74, 6) is -1.25. The molecule has 0 unspecified atom stereocenters. The minimum absolute atomic E-state index is 0.105. The summed E-state index contributed by atoms with van der Waals surface area (Å²) in [6.45, 7) is 2.24. The molecular weight excluding hydrogens is 415 g/mol. The van der Waals surface area contributed by atoms with E-state index in [1.807, 2.05) is 19.1 Å². The molecule has 0 saturated carbocycles. The van der Waals surface area contributed by atoms with Gasteiger partial charge in [0.25, 0.3) is 5.91 Å². The minimum atomic E-state index is -0.694. The highest BCUT2D eigenvalue weighted by atomic mass is 35.5. The first kappa shape index (κ1) is 19.2. The molecule has 0 atom stereocenters. The van der Waals surface area contributed by atoms with Crippen molar-refractivity contribution >= 4 is 44.9 Å². The molecule has 2 heterocycles.